The zero-order valence-corrected chi connectivity index (χ0v) is 7.28. The Morgan fingerprint density at radius 2 is 2.15 bits per heavy atom. The van der Waals surface area contributed by atoms with Gasteiger partial charge in [-0.3, -0.25) is 9.59 Å². The lowest BCUT2D eigenvalue weighted by molar-refractivity contribution is -0.139. The van der Waals surface area contributed by atoms with Gasteiger partial charge in [-0.2, -0.15) is 0 Å². The maximum atomic E-state index is 11.0. The minimum Gasteiger partial charge on any atom is -0.481 e. The molecule has 1 amide bonds. The van der Waals surface area contributed by atoms with Crippen LogP contribution in [-0.4, -0.2) is 36.2 Å². The number of rotatable bonds is 5. The number of nitrogens with one attached hydrogen (secondary N) is 1. The van der Waals surface area contributed by atoms with Crippen molar-refractivity contribution in [3.05, 3.63) is 0 Å². The first-order valence-corrected chi connectivity index (χ1v) is 4.28. The summed E-state index contributed by atoms with van der Waals surface area (Å²) < 4.78 is 5.08. The average molecular weight is 187 g/mol. The molecule has 74 valence electrons. The lowest BCUT2D eigenvalue weighted by Gasteiger charge is -2.26. The molecule has 5 nitrogen and oxygen atoms in total. The van der Waals surface area contributed by atoms with Crippen molar-refractivity contribution in [3.63, 3.8) is 0 Å². The molecule has 0 aliphatic carbocycles. The largest absolute Gasteiger partial charge is 0.481 e. The molecule has 0 aromatic heterocycles. The van der Waals surface area contributed by atoms with Crippen molar-refractivity contribution in [2.75, 3.05) is 13.2 Å². The molecule has 1 rings (SSSR count). The lowest BCUT2D eigenvalue weighted by Crippen LogP contribution is -2.39. The molecule has 1 aliphatic heterocycles. The van der Waals surface area contributed by atoms with Crippen LogP contribution in [0.15, 0.2) is 0 Å². The highest BCUT2D eigenvalue weighted by atomic mass is 16.5. The van der Waals surface area contributed by atoms with Crippen molar-refractivity contribution >= 4 is 11.9 Å². The standard InChI is InChI=1S/C8H13NO4/c10-7(1-2-8(11)12)9-5-6-3-4-13-6/h6H,1-5H2,(H,9,10)(H,11,12). The summed E-state index contributed by atoms with van der Waals surface area (Å²) in [5, 5.41) is 10.9. The van der Waals surface area contributed by atoms with Crippen LogP contribution in [0.1, 0.15) is 19.3 Å². The SMILES string of the molecule is O=C(O)CCC(=O)NCC1CCO1. The Kier molecular flexibility index (Phi) is 3.70. The molecular weight excluding hydrogens is 174 g/mol. The topological polar surface area (TPSA) is 75.6 Å². The van der Waals surface area contributed by atoms with E-state index in [9.17, 15) is 9.59 Å². The third-order valence-corrected chi connectivity index (χ3v) is 1.89. The number of ether oxygens (including phenoxy) is 1. The molecule has 0 aromatic carbocycles. The van der Waals surface area contributed by atoms with E-state index in [1.54, 1.807) is 0 Å². The Hall–Kier alpha value is -1.10. The predicted molar refractivity (Wildman–Crippen MR) is 44.2 cm³/mol. The van der Waals surface area contributed by atoms with E-state index in [0.29, 0.717) is 6.54 Å². The molecule has 1 fully saturated rings. The quantitative estimate of drug-likeness (QED) is 0.622. The number of hydrogen-bond donors (Lipinski definition) is 2. The maximum absolute atomic E-state index is 11.0. The average Bonchev–Trinajstić information content (AvgIpc) is 1.98. The lowest BCUT2D eigenvalue weighted by atomic mass is 10.2. The summed E-state index contributed by atoms with van der Waals surface area (Å²) in [5.41, 5.74) is 0. The molecular formula is C8H13NO4. The van der Waals surface area contributed by atoms with Crippen molar-refractivity contribution in [2.45, 2.75) is 25.4 Å². The fourth-order valence-electron chi connectivity index (χ4n) is 0.982. The molecule has 5 heteroatoms. The van der Waals surface area contributed by atoms with E-state index < -0.39 is 5.97 Å². The molecule has 13 heavy (non-hydrogen) atoms. The Morgan fingerprint density at radius 3 is 2.62 bits per heavy atom. The van der Waals surface area contributed by atoms with E-state index in [-0.39, 0.29) is 24.9 Å². The second kappa shape index (κ2) is 4.81. The maximum Gasteiger partial charge on any atom is 0.303 e. The van der Waals surface area contributed by atoms with Crippen molar-refractivity contribution in [3.8, 4) is 0 Å². The zero-order chi connectivity index (χ0) is 9.68. The van der Waals surface area contributed by atoms with Crippen LogP contribution < -0.4 is 5.32 Å². The molecule has 1 saturated heterocycles. The van der Waals surface area contributed by atoms with Gasteiger partial charge in [0.1, 0.15) is 0 Å². The van der Waals surface area contributed by atoms with Gasteiger partial charge in [0.15, 0.2) is 0 Å². The highest BCUT2D eigenvalue weighted by Gasteiger charge is 2.18. The molecule has 2 N–H and O–H groups in total. The summed E-state index contributed by atoms with van der Waals surface area (Å²) in [6.45, 7) is 1.26. The smallest absolute Gasteiger partial charge is 0.303 e. The number of aliphatic carboxylic acids is 1. The molecule has 1 atom stereocenters. The monoisotopic (exact) mass is 187 g/mol. The summed E-state index contributed by atoms with van der Waals surface area (Å²) in [4.78, 5) is 21.1. The molecule has 1 unspecified atom stereocenters. The molecule has 0 bridgehead atoms. The van der Waals surface area contributed by atoms with Crippen LogP contribution in [0.3, 0.4) is 0 Å². The predicted octanol–water partition coefficient (Wildman–Crippen LogP) is -0.244. The van der Waals surface area contributed by atoms with Gasteiger partial charge in [-0.1, -0.05) is 0 Å². The van der Waals surface area contributed by atoms with E-state index >= 15 is 0 Å². The van der Waals surface area contributed by atoms with E-state index in [4.69, 9.17) is 9.84 Å². The summed E-state index contributed by atoms with van der Waals surface area (Å²) >= 11 is 0. The number of hydrogen-bond acceptors (Lipinski definition) is 3. The number of amides is 1. The molecule has 0 aromatic rings. The number of carboxylic acid groups (broad SMARTS) is 1. The van der Waals surface area contributed by atoms with Gasteiger partial charge in [0.2, 0.25) is 5.91 Å². The van der Waals surface area contributed by atoms with E-state index in [2.05, 4.69) is 5.32 Å². The van der Waals surface area contributed by atoms with Crippen LogP contribution in [-0.2, 0) is 14.3 Å². The summed E-state index contributed by atoms with van der Waals surface area (Å²) in [5.74, 6) is -1.17. The molecule has 1 heterocycles. The van der Waals surface area contributed by atoms with Crippen molar-refractivity contribution in [1.29, 1.82) is 0 Å². The van der Waals surface area contributed by atoms with Crippen molar-refractivity contribution < 1.29 is 19.4 Å². The van der Waals surface area contributed by atoms with Gasteiger partial charge in [-0.25, -0.2) is 0 Å². The second-order valence-electron chi connectivity index (χ2n) is 2.98. The van der Waals surface area contributed by atoms with E-state index in [0.717, 1.165) is 13.0 Å². The van der Waals surface area contributed by atoms with Gasteiger partial charge < -0.3 is 15.2 Å². The minimum atomic E-state index is -0.949. The first-order chi connectivity index (χ1) is 6.18. The van der Waals surface area contributed by atoms with E-state index in [1.807, 2.05) is 0 Å². The summed E-state index contributed by atoms with van der Waals surface area (Å²) in [6.07, 6.45) is 1.03. The fourth-order valence-corrected chi connectivity index (χ4v) is 0.982. The first kappa shape index (κ1) is 9.98. The van der Waals surface area contributed by atoms with Gasteiger partial charge >= 0.3 is 5.97 Å². The second-order valence-corrected chi connectivity index (χ2v) is 2.98. The van der Waals surface area contributed by atoms with Crippen LogP contribution in [0, 0.1) is 0 Å². The van der Waals surface area contributed by atoms with Crippen molar-refractivity contribution in [2.24, 2.45) is 0 Å². The molecule has 1 aliphatic rings. The fraction of sp³-hybridized carbons (Fsp3) is 0.750. The Balaban J connectivity index is 2.00. The van der Waals surface area contributed by atoms with Crippen LogP contribution >= 0.6 is 0 Å². The highest BCUT2D eigenvalue weighted by Crippen LogP contribution is 2.08. The number of carboxylic acids is 1. The van der Waals surface area contributed by atoms with Crippen LogP contribution in [0.5, 0.6) is 0 Å². The molecule has 0 spiro atoms. The zero-order valence-electron chi connectivity index (χ0n) is 7.28. The van der Waals surface area contributed by atoms with E-state index in [1.165, 1.54) is 0 Å². The molecule has 0 saturated carbocycles. The van der Waals surface area contributed by atoms with Gasteiger partial charge in [-0.15, -0.1) is 0 Å². The Labute approximate surface area is 76.1 Å². The number of carbonyl (C=O) groups excluding carboxylic acids is 1. The third-order valence-electron chi connectivity index (χ3n) is 1.89. The minimum absolute atomic E-state index is 0.0437. The normalized spacial score (nSPS) is 20.5. The third kappa shape index (κ3) is 3.89. The van der Waals surface area contributed by atoms with Crippen LogP contribution in [0.2, 0.25) is 0 Å². The Bertz CT molecular complexity index is 200. The highest BCUT2D eigenvalue weighted by molar-refractivity contribution is 5.80. The summed E-state index contributed by atoms with van der Waals surface area (Å²) in [6, 6.07) is 0. The Morgan fingerprint density at radius 1 is 1.46 bits per heavy atom. The first-order valence-electron chi connectivity index (χ1n) is 4.28. The van der Waals surface area contributed by atoms with Gasteiger partial charge in [-0.05, 0) is 6.42 Å². The van der Waals surface area contributed by atoms with Gasteiger partial charge in [0.05, 0.1) is 12.5 Å². The van der Waals surface area contributed by atoms with Crippen LogP contribution in [0.25, 0.3) is 0 Å². The van der Waals surface area contributed by atoms with Crippen LogP contribution in [0.4, 0.5) is 0 Å². The van der Waals surface area contributed by atoms with Crippen molar-refractivity contribution in [1.82, 2.24) is 5.32 Å². The van der Waals surface area contributed by atoms with Gasteiger partial charge in [0, 0.05) is 19.6 Å². The van der Waals surface area contributed by atoms with Gasteiger partial charge in [0.25, 0.3) is 0 Å². The summed E-state index contributed by atoms with van der Waals surface area (Å²) in [7, 11) is 0. The molecule has 0 radical (unpaired) electrons. The number of carbonyl (C=O) groups is 2.